The van der Waals surface area contributed by atoms with Gasteiger partial charge in [-0.05, 0) is 31.2 Å². The van der Waals surface area contributed by atoms with Crippen LogP contribution in [0.3, 0.4) is 0 Å². The Balaban J connectivity index is 2.34. The van der Waals surface area contributed by atoms with Gasteiger partial charge in [-0.2, -0.15) is 5.26 Å². The SMILES string of the molecule is COC(=O)Nc1sc2c(c1C#N)CCCCC2. The minimum atomic E-state index is -0.516. The summed E-state index contributed by atoms with van der Waals surface area (Å²) in [5.41, 5.74) is 1.75. The molecule has 2 rings (SSSR count). The Morgan fingerprint density at radius 2 is 2.18 bits per heavy atom. The summed E-state index contributed by atoms with van der Waals surface area (Å²) < 4.78 is 4.56. The molecular weight excluding hydrogens is 236 g/mol. The van der Waals surface area contributed by atoms with Gasteiger partial charge in [0.15, 0.2) is 0 Å². The largest absolute Gasteiger partial charge is 0.453 e. The second-order valence-electron chi connectivity index (χ2n) is 4.00. The van der Waals surface area contributed by atoms with E-state index in [0.717, 1.165) is 31.2 Å². The van der Waals surface area contributed by atoms with Crippen LogP contribution in [0.5, 0.6) is 0 Å². The third kappa shape index (κ3) is 2.42. The van der Waals surface area contributed by atoms with Gasteiger partial charge < -0.3 is 4.74 Å². The molecule has 1 N–H and O–H groups in total. The number of hydrogen-bond acceptors (Lipinski definition) is 4. The van der Waals surface area contributed by atoms with Crippen LogP contribution < -0.4 is 5.32 Å². The molecule has 1 heterocycles. The average molecular weight is 250 g/mol. The Morgan fingerprint density at radius 3 is 2.88 bits per heavy atom. The second kappa shape index (κ2) is 5.19. The number of nitrogens with zero attached hydrogens (tertiary/aromatic N) is 1. The van der Waals surface area contributed by atoms with Crippen LogP contribution in [-0.4, -0.2) is 13.2 Å². The number of nitriles is 1. The van der Waals surface area contributed by atoms with Gasteiger partial charge in [0.05, 0.1) is 12.7 Å². The third-order valence-corrected chi connectivity index (χ3v) is 4.14. The number of nitrogens with one attached hydrogen (secondary N) is 1. The zero-order valence-corrected chi connectivity index (χ0v) is 10.5. The lowest BCUT2D eigenvalue weighted by atomic mass is 10.1. The number of hydrogen-bond donors (Lipinski definition) is 1. The van der Waals surface area contributed by atoms with Gasteiger partial charge in [0.2, 0.25) is 0 Å². The number of methoxy groups -OCH3 is 1. The number of carbonyl (C=O) groups is 1. The van der Waals surface area contributed by atoms with Crippen LogP contribution in [0.4, 0.5) is 9.80 Å². The van der Waals surface area contributed by atoms with Gasteiger partial charge in [-0.25, -0.2) is 4.79 Å². The normalized spacial score (nSPS) is 14.4. The van der Waals surface area contributed by atoms with Gasteiger partial charge in [-0.3, -0.25) is 5.32 Å². The summed E-state index contributed by atoms with van der Waals surface area (Å²) in [6, 6.07) is 2.20. The van der Waals surface area contributed by atoms with E-state index in [2.05, 4.69) is 16.1 Å². The van der Waals surface area contributed by atoms with E-state index in [1.54, 1.807) is 0 Å². The van der Waals surface area contributed by atoms with E-state index in [-0.39, 0.29) is 0 Å². The van der Waals surface area contributed by atoms with E-state index < -0.39 is 6.09 Å². The van der Waals surface area contributed by atoms with Crippen molar-refractivity contribution in [2.24, 2.45) is 0 Å². The van der Waals surface area contributed by atoms with Crippen LogP contribution in [0.2, 0.25) is 0 Å². The van der Waals surface area contributed by atoms with Crippen LogP contribution in [0.1, 0.15) is 35.3 Å². The van der Waals surface area contributed by atoms with E-state index in [4.69, 9.17) is 0 Å². The average Bonchev–Trinajstić information content (AvgIpc) is 2.50. The molecule has 17 heavy (non-hydrogen) atoms. The number of carbonyl (C=O) groups excluding carboxylic acids is 1. The fourth-order valence-corrected chi connectivity index (χ4v) is 3.32. The van der Waals surface area contributed by atoms with Crippen LogP contribution in [0.25, 0.3) is 0 Å². The third-order valence-electron chi connectivity index (χ3n) is 2.93. The van der Waals surface area contributed by atoms with Gasteiger partial charge in [-0.15, -0.1) is 11.3 Å². The highest BCUT2D eigenvalue weighted by atomic mass is 32.1. The molecule has 0 aromatic carbocycles. The van der Waals surface area contributed by atoms with Gasteiger partial charge >= 0.3 is 6.09 Å². The highest BCUT2D eigenvalue weighted by Crippen LogP contribution is 2.36. The number of thiophene rings is 1. The van der Waals surface area contributed by atoms with Gasteiger partial charge in [0.1, 0.15) is 11.1 Å². The molecule has 1 amide bonds. The summed E-state index contributed by atoms with van der Waals surface area (Å²) in [6.07, 6.45) is 4.94. The molecule has 5 heteroatoms. The zero-order valence-electron chi connectivity index (χ0n) is 9.71. The molecule has 0 spiro atoms. The molecular formula is C12H14N2O2S. The van der Waals surface area contributed by atoms with Gasteiger partial charge in [0.25, 0.3) is 0 Å². The number of rotatable bonds is 1. The predicted octanol–water partition coefficient (Wildman–Crippen LogP) is 3.07. The number of ether oxygens (including phenoxy) is 1. The van der Waals surface area contributed by atoms with Crippen molar-refractivity contribution in [3.05, 3.63) is 16.0 Å². The standard InChI is InChI=1S/C12H14N2O2S/c1-16-12(15)14-11-9(7-13)8-5-3-2-4-6-10(8)17-11/h2-6H2,1H3,(H,14,15). The topological polar surface area (TPSA) is 62.1 Å². The van der Waals surface area contributed by atoms with E-state index in [1.807, 2.05) is 0 Å². The Hall–Kier alpha value is -1.54. The zero-order chi connectivity index (χ0) is 12.3. The Morgan fingerprint density at radius 1 is 1.41 bits per heavy atom. The highest BCUT2D eigenvalue weighted by molar-refractivity contribution is 7.16. The molecule has 0 atom stereocenters. The predicted molar refractivity (Wildman–Crippen MR) is 66.3 cm³/mol. The lowest BCUT2D eigenvalue weighted by Crippen LogP contribution is -2.10. The summed E-state index contributed by atoms with van der Waals surface area (Å²) in [5, 5.41) is 12.5. The van der Waals surface area contributed by atoms with Crippen molar-refractivity contribution in [3.8, 4) is 6.07 Å². The maximum Gasteiger partial charge on any atom is 0.411 e. The van der Waals surface area contributed by atoms with E-state index in [9.17, 15) is 10.1 Å². The molecule has 0 unspecified atom stereocenters. The Bertz CT molecular complexity index is 474. The lowest BCUT2D eigenvalue weighted by Gasteiger charge is -2.01. The quantitative estimate of drug-likeness (QED) is 0.779. The first-order valence-corrected chi connectivity index (χ1v) is 6.47. The maximum absolute atomic E-state index is 11.2. The number of amides is 1. The molecule has 1 aromatic heterocycles. The van der Waals surface area contributed by atoms with Crippen molar-refractivity contribution < 1.29 is 9.53 Å². The maximum atomic E-state index is 11.2. The highest BCUT2D eigenvalue weighted by Gasteiger charge is 2.20. The molecule has 1 aromatic rings. The number of aryl methyl sites for hydroxylation is 1. The van der Waals surface area contributed by atoms with Crippen molar-refractivity contribution in [1.29, 1.82) is 5.26 Å². The van der Waals surface area contributed by atoms with E-state index in [0.29, 0.717) is 10.6 Å². The lowest BCUT2D eigenvalue weighted by molar-refractivity contribution is 0.187. The van der Waals surface area contributed by atoms with Crippen molar-refractivity contribution in [2.75, 3.05) is 12.4 Å². The van der Waals surface area contributed by atoms with Crippen molar-refractivity contribution in [2.45, 2.75) is 32.1 Å². The molecule has 90 valence electrons. The van der Waals surface area contributed by atoms with Crippen molar-refractivity contribution >= 4 is 22.4 Å². The number of fused-ring (bicyclic) bond motifs is 1. The van der Waals surface area contributed by atoms with Crippen molar-refractivity contribution in [3.63, 3.8) is 0 Å². The monoisotopic (exact) mass is 250 g/mol. The first-order chi connectivity index (χ1) is 8.26. The summed E-state index contributed by atoms with van der Waals surface area (Å²) in [5.74, 6) is 0. The van der Waals surface area contributed by atoms with E-state index in [1.165, 1.54) is 29.7 Å². The molecule has 1 aliphatic carbocycles. The smallest absolute Gasteiger partial charge is 0.411 e. The van der Waals surface area contributed by atoms with E-state index >= 15 is 0 Å². The summed E-state index contributed by atoms with van der Waals surface area (Å²) in [6.45, 7) is 0. The fourth-order valence-electron chi connectivity index (χ4n) is 2.09. The second-order valence-corrected chi connectivity index (χ2v) is 5.10. The molecule has 0 bridgehead atoms. The van der Waals surface area contributed by atoms with Crippen LogP contribution >= 0.6 is 11.3 Å². The molecule has 0 saturated carbocycles. The van der Waals surface area contributed by atoms with Crippen LogP contribution in [0.15, 0.2) is 0 Å². The Kier molecular flexibility index (Phi) is 3.64. The van der Waals surface area contributed by atoms with Crippen LogP contribution in [0, 0.1) is 11.3 Å². The number of anilines is 1. The summed E-state index contributed by atoms with van der Waals surface area (Å²) in [7, 11) is 1.32. The first-order valence-electron chi connectivity index (χ1n) is 5.66. The van der Waals surface area contributed by atoms with Gasteiger partial charge in [-0.1, -0.05) is 6.42 Å². The molecule has 0 saturated heterocycles. The van der Waals surface area contributed by atoms with Crippen LogP contribution in [-0.2, 0) is 17.6 Å². The molecule has 1 aliphatic rings. The minimum absolute atomic E-state index is 0.516. The van der Waals surface area contributed by atoms with Crippen molar-refractivity contribution in [1.82, 2.24) is 0 Å². The fraction of sp³-hybridized carbons (Fsp3) is 0.500. The molecule has 0 aliphatic heterocycles. The minimum Gasteiger partial charge on any atom is -0.453 e. The molecule has 0 radical (unpaired) electrons. The molecule has 0 fully saturated rings. The summed E-state index contributed by atoms with van der Waals surface area (Å²) in [4.78, 5) is 12.4. The first kappa shape index (κ1) is 11.9. The Labute approximate surface area is 104 Å². The molecule has 4 nitrogen and oxygen atoms in total. The summed E-state index contributed by atoms with van der Waals surface area (Å²) >= 11 is 1.51. The van der Waals surface area contributed by atoms with Gasteiger partial charge in [0, 0.05) is 4.88 Å².